The van der Waals surface area contributed by atoms with Gasteiger partial charge in [0.15, 0.2) is 0 Å². The Hall–Kier alpha value is -0.900. The Morgan fingerprint density at radius 1 is 1.19 bits per heavy atom. The van der Waals surface area contributed by atoms with E-state index in [1.807, 2.05) is 0 Å². The highest BCUT2D eigenvalue weighted by Crippen LogP contribution is 2.23. The summed E-state index contributed by atoms with van der Waals surface area (Å²) in [5.74, 6) is 0. The van der Waals surface area contributed by atoms with Crippen molar-refractivity contribution in [2.75, 3.05) is 13.2 Å². The van der Waals surface area contributed by atoms with E-state index in [4.69, 9.17) is 0 Å². The van der Waals surface area contributed by atoms with Gasteiger partial charge in [-0.3, -0.25) is 4.90 Å². The van der Waals surface area contributed by atoms with E-state index in [2.05, 4.69) is 55.3 Å². The zero-order valence-electron chi connectivity index (χ0n) is 13.7. The molecule has 3 nitrogen and oxygen atoms in total. The van der Waals surface area contributed by atoms with E-state index in [0.717, 1.165) is 32.5 Å². The van der Waals surface area contributed by atoms with E-state index in [1.54, 1.807) is 0 Å². The van der Waals surface area contributed by atoms with Crippen LogP contribution in [0.5, 0.6) is 0 Å². The predicted octanol–water partition coefficient (Wildman–Crippen LogP) is 2.92. The number of hydrogen-bond donors (Lipinski definition) is 2. The molecule has 0 saturated carbocycles. The standard InChI is InChI=1S/C18H30N2O/c1-15(2)19-18(3,14-21)10-6-7-11-20-12-16-8-4-5-9-17(16)13-20/h4-5,8-9,15,19,21H,6-7,10-14H2,1-3H3. The van der Waals surface area contributed by atoms with E-state index in [-0.39, 0.29) is 12.1 Å². The van der Waals surface area contributed by atoms with Gasteiger partial charge in [0, 0.05) is 24.7 Å². The molecule has 0 aliphatic carbocycles. The molecule has 1 aromatic rings. The maximum absolute atomic E-state index is 9.59. The number of nitrogens with zero attached hydrogens (tertiary/aromatic N) is 1. The maximum Gasteiger partial charge on any atom is 0.0610 e. The van der Waals surface area contributed by atoms with Gasteiger partial charge in [0.25, 0.3) is 0 Å². The van der Waals surface area contributed by atoms with E-state index in [9.17, 15) is 5.11 Å². The summed E-state index contributed by atoms with van der Waals surface area (Å²) in [5.41, 5.74) is 2.83. The van der Waals surface area contributed by atoms with Crippen LogP contribution in [0, 0.1) is 0 Å². The van der Waals surface area contributed by atoms with E-state index in [1.165, 1.54) is 17.5 Å². The molecule has 0 radical (unpaired) electrons. The minimum Gasteiger partial charge on any atom is -0.394 e. The van der Waals surface area contributed by atoms with Crippen LogP contribution in [0.4, 0.5) is 0 Å². The number of aliphatic hydroxyl groups excluding tert-OH is 1. The second-order valence-electron chi connectivity index (χ2n) is 6.95. The summed E-state index contributed by atoms with van der Waals surface area (Å²) in [7, 11) is 0. The zero-order valence-corrected chi connectivity index (χ0v) is 13.7. The Bertz CT molecular complexity index is 422. The molecule has 1 unspecified atom stereocenters. The maximum atomic E-state index is 9.59. The second-order valence-corrected chi connectivity index (χ2v) is 6.95. The highest BCUT2D eigenvalue weighted by Gasteiger charge is 2.23. The summed E-state index contributed by atoms with van der Waals surface area (Å²) in [6.07, 6.45) is 3.38. The van der Waals surface area contributed by atoms with Gasteiger partial charge in [0.1, 0.15) is 0 Å². The Labute approximate surface area is 129 Å². The molecule has 118 valence electrons. The first kappa shape index (κ1) is 16.5. The lowest BCUT2D eigenvalue weighted by Crippen LogP contribution is -2.49. The Morgan fingerprint density at radius 3 is 2.33 bits per heavy atom. The molecule has 0 saturated heterocycles. The van der Waals surface area contributed by atoms with Gasteiger partial charge < -0.3 is 10.4 Å². The van der Waals surface area contributed by atoms with Gasteiger partial charge >= 0.3 is 0 Å². The molecule has 1 aliphatic rings. The van der Waals surface area contributed by atoms with Crippen LogP contribution in [-0.2, 0) is 13.1 Å². The minimum absolute atomic E-state index is 0.137. The molecule has 21 heavy (non-hydrogen) atoms. The van der Waals surface area contributed by atoms with Crippen molar-refractivity contribution < 1.29 is 5.11 Å². The lowest BCUT2D eigenvalue weighted by molar-refractivity contribution is 0.152. The minimum atomic E-state index is -0.137. The molecule has 1 aromatic carbocycles. The second kappa shape index (κ2) is 7.39. The molecule has 0 spiro atoms. The van der Waals surface area contributed by atoms with Crippen molar-refractivity contribution in [3.05, 3.63) is 35.4 Å². The van der Waals surface area contributed by atoms with Crippen LogP contribution in [0.1, 0.15) is 51.2 Å². The Balaban J connectivity index is 1.69. The Kier molecular flexibility index (Phi) is 5.80. The van der Waals surface area contributed by atoms with Gasteiger partial charge in [-0.1, -0.05) is 44.5 Å². The number of hydrogen-bond acceptors (Lipinski definition) is 3. The van der Waals surface area contributed by atoms with Gasteiger partial charge in [-0.25, -0.2) is 0 Å². The molecule has 0 aromatic heterocycles. The fourth-order valence-corrected chi connectivity index (χ4v) is 3.31. The summed E-state index contributed by atoms with van der Waals surface area (Å²) in [5, 5.41) is 13.1. The van der Waals surface area contributed by atoms with Crippen LogP contribution >= 0.6 is 0 Å². The van der Waals surface area contributed by atoms with E-state index < -0.39 is 0 Å². The highest BCUT2D eigenvalue weighted by atomic mass is 16.3. The van der Waals surface area contributed by atoms with Crippen LogP contribution in [0.25, 0.3) is 0 Å². The molecule has 1 aliphatic heterocycles. The van der Waals surface area contributed by atoms with Crippen molar-refractivity contribution in [2.24, 2.45) is 0 Å². The highest BCUT2D eigenvalue weighted by molar-refractivity contribution is 5.30. The number of aliphatic hydroxyl groups is 1. The van der Waals surface area contributed by atoms with Crippen LogP contribution in [-0.4, -0.2) is 34.7 Å². The van der Waals surface area contributed by atoms with Gasteiger partial charge in [-0.2, -0.15) is 0 Å². The van der Waals surface area contributed by atoms with Crippen LogP contribution in [0.2, 0.25) is 0 Å². The third kappa shape index (κ3) is 4.80. The molecule has 0 amide bonds. The molecule has 2 N–H and O–H groups in total. The largest absolute Gasteiger partial charge is 0.394 e. The first-order valence-corrected chi connectivity index (χ1v) is 8.20. The quantitative estimate of drug-likeness (QED) is 0.723. The monoisotopic (exact) mass is 290 g/mol. The number of nitrogens with one attached hydrogen (secondary N) is 1. The SMILES string of the molecule is CC(C)NC(C)(CO)CCCCN1Cc2ccccc2C1. The molecule has 1 atom stereocenters. The third-order valence-electron chi connectivity index (χ3n) is 4.35. The summed E-state index contributed by atoms with van der Waals surface area (Å²) < 4.78 is 0. The van der Waals surface area contributed by atoms with Crippen molar-refractivity contribution in [3.8, 4) is 0 Å². The van der Waals surface area contributed by atoms with Crippen LogP contribution < -0.4 is 5.32 Å². The molecule has 1 heterocycles. The summed E-state index contributed by atoms with van der Waals surface area (Å²) in [6, 6.07) is 9.16. The average Bonchev–Trinajstić information content (AvgIpc) is 2.85. The van der Waals surface area contributed by atoms with Crippen LogP contribution in [0.15, 0.2) is 24.3 Å². The molecule has 0 fully saturated rings. The molecule has 2 rings (SSSR count). The Morgan fingerprint density at radius 2 is 1.81 bits per heavy atom. The first-order valence-electron chi connectivity index (χ1n) is 8.20. The molecular weight excluding hydrogens is 260 g/mol. The normalized spacial score (nSPS) is 18.0. The summed E-state index contributed by atoms with van der Waals surface area (Å²) >= 11 is 0. The van der Waals surface area contributed by atoms with Crippen molar-refractivity contribution in [3.63, 3.8) is 0 Å². The van der Waals surface area contributed by atoms with Gasteiger partial charge in [0.2, 0.25) is 0 Å². The lowest BCUT2D eigenvalue weighted by atomic mass is 9.95. The van der Waals surface area contributed by atoms with Gasteiger partial charge in [-0.05, 0) is 37.4 Å². The molecule has 0 bridgehead atoms. The number of unbranched alkanes of at least 4 members (excludes halogenated alkanes) is 1. The predicted molar refractivity (Wildman–Crippen MR) is 88.2 cm³/mol. The lowest BCUT2D eigenvalue weighted by Gasteiger charge is -2.31. The van der Waals surface area contributed by atoms with Gasteiger partial charge in [-0.15, -0.1) is 0 Å². The van der Waals surface area contributed by atoms with E-state index in [0.29, 0.717) is 6.04 Å². The van der Waals surface area contributed by atoms with Crippen molar-refractivity contribution in [2.45, 2.75) is 64.7 Å². The molecule has 3 heteroatoms. The van der Waals surface area contributed by atoms with Crippen molar-refractivity contribution in [1.82, 2.24) is 10.2 Å². The summed E-state index contributed by atoms with van der Waals surface area (Å²) in [6.45, 7) is 9.94. The van der Waals surface area contributed by atoms with Crippen LogP contribution in [0.3, 0.4) is 0 Å². The number of benzene rings is 1. The topological polar surface area (TPSA) is 35.5 Å². The summed E-state index contributed by atoms with van der Waals surface area (Å²) in [4.78, 5) is 2.52. The first-order chi connectivity index (χ1) is 10.0. The fraction of sp³-hybridized carbons (Fsp3) is 0.667. The van der Waals surface area contributed by atoms with Gasteiger partial charge in [0.05, 0.1) is 6.61 Å². The fourth-order valence-electron chi connectivity index (χ4n) is 3.31. The smallest absolute Gasteiger partial charge is 0.0610 e. The number of fused-ring (bicyclic) bond motifs is 1. The van der Waals surface area contributed by atoms with Crippen molar-refractivity contribution in [1.29, 1.82) is 0 Å². The van der Waals surface area contributed by atoms with Crippen molar-refractivity contribution >= 4 is 0 Å². The van der Waals surface area contributed by atoms with E-state index >= 15 is 0 Å². The number of rotatable bonds is 8. The molecular formula is C18H30N2O. The average molecular weight is 290 g/mol. The third-order valence-corrected chi connectivity index (χ3v) is 4.35. The zero-order chi connectivity index (χ0) is 15.3.